The summed E-state index contributed by atoms with van der Waals surface area (Å²) in [7, 11) is 2.11. The Hall–Kier alpha value is -2.57. The summed E-state index contributed by atoms with van der Waals surface area (Å²) in [5.74, 6) is 0.0742. The average molecular weight is 401 g/mol. The molecule has 2 heterocycles. The number of benzene rings is 1. The molecule has 6 heteroatoms. The monoisotopic (exact) mass is 400 g/mol. The molecule has 1 aromatic heterocycles. The van der Waals surface area contributed by atoms with Crippen molar-refractivity contribution in [1.29, 1.82) is 0 Å². The zero-order valence-corrected chi connectivity index (χ0v) is 17.3. The molecule has 28 heavy (non-hydrogen) atoms. The Morgan fingerprint density at radius 2 is 1.68 bits per heavy atom. The van der Waals surface area contributed by atoms with Crippen LogP contribution in [0.4, 0.5) is 0 Å². The molecule has 0 unspecified atom stereocenters. The predicted molar refractivity (Wildman–Crippen MR) is 117 cm³/mol. The number of nitrogens with zero attached hydrogens (tertiary/aromatic N) is 2. The lowest BCUT2D eigenvalue weighted by Gasteiger charge is -2.32. The first-order valence-corrected chi connectivity index (χ1v) is 9.96. The fourth-order valence-corrected chi connectivity index (χ4v) is 4.04. The fourth-order valence-electron chi connectivity index (χ4n) is 2.95. The highest BCUT2D eigenvalue weighted by molar-refractivity contribution is 7.19. The molecule has 1 fully saturated rings. The number of likely N-dealkylation sites (N-methyl/N-ethyl adjacent to an activating group) is 1. The van der Waals surface area contributed by atoms with E-state index in [1.54, 1.807) is 11.3 Å². The molecule has 5 nitrogen and oxygen atoms in total. The molecule has 1 saturated heterocycles. The molecule has 0 aliphatic carbocycles. The maximum absolute atomic E-state index is 12.5. The zero-order valence-electron chi connectivity index (χ0n) is 16.5. The number of carbonyl (C=O) groups excluding carboxylic acids is 1. The van der Waals surface area contributed by atoms with Gasteiger partial charge >= 0.3 is 0 Å². The molecule has 1 aliphatic rings. The first-order chi connectivity index (χ1) is 13.3. The maximum Gasteiger partial charge on any atom is 0.227 e. The Labute approximate surface area is 170 Å². The van der Waals surface area contributed by atoms with Crippen LogP contribution in [0.2, 0.25) is 0 Å². The number of amides is 1. The minimum atomic E-state index is -0.0970. The van der Waals surface area contributed by atoms with Crippen LogP contribution < -0.4 is 0 Å². The predicted octanol–water partition coefficient (Wildman–Crippen LogP) is 4.21. The van der Waals surface area contributed by atoms with E-state index in [-0.39, 0.29) is 17.4 Å². The SMILES string of the molecule is C=C(O)/C=C\C(=C)O.Cc1sc2ccccc2c1CC(=O)N1CCN(C)CC1. The van der Waals surface area contributed by atoms with E-state index in [0.717, 1.165) is 26.2 Å². The number of thiophene rings is 1. The van der Waals surface area contributed by atoms with Crippen molar-refractivity contribution in [1.82, 2.24) is 9.80 Å². The summed E-state index contributed by atoms with van der Waals surface area (Å²) in [5.41, 5.74) is 1.22. The number of aliphatic hydroxyl groups is 2. The molecule has 1 aliphatic heterocycles. The van der Waals surface area contributed by atoms with Crippen LogP contribution in [0, 0.1) is 6.92 Å². The molecule has 0 atom stereocenters. The average Bonchev–Trinajstić information content (AvgIpc) is 2.96. The summed E-state index contributed by atoms with van der Waals surface area (Å²) in [4.78, 5) is 18.0. The summed E-state index contributed by atoms with van der Waals surface area (Å²) in [5, 5.41) is 18.0. The Morgan fingerprint density at radius 3 is 2.25 bits per heavy atom. The number of allylic oxidation sites excluding steroid dienone is 2. The molecular weight excluding hydrogens is 372 g/mol. The van der Waals surface area contributed by atoms with Crippen molar-refractivity contribution in [2.45, 2.75) is 13.3 Å². The summed E-state index contributed by atoms with van der Waals surface area (Å²) >= 11 is 1.79. The number of rotatable bonds is 4. The van der Waals surface area contributed by atoms with E-state index in [2.05, 4.69) is 56.3 Å². The van der Waals surface area contributed by atoms with Gasteiger partial charge in [0.25, 0.3) is 0 Å². The minimum absolute atomic E-state index is 0.0970. The van der Waals surface area contributed by atoms with Gasteiger partial charge in [-0.1, -0.05) is 31.4 Å². The summed E-state index contributed by atoms with van der Waals surface area (Å²) in [6, 6.07) is 8.38. The maximum atomic E-state index is 12.5. The lowest BCUT2D eigenvalue weighted by atomic mass is 10.1. The Kier molecular flexibility index (Phi) is 7.84. The van der Waals surface area contributed by atoms with Crippen molar-refractivity contribution in [2.75, 3.05) is 33.2 Å². The van der Waals surface area contributed by atoms with Crippen LogP contribution in [-0.4, -0.2) is 59.1 Å². The topological polar surface area (TPSA) is 64.0 Å². The third-order valence-electron chi connectivity index (χ3n) is 4.55. The van der Waals surface area contributed by atoms with E-state index >= 15 is 0 Å². The second-order valence-electron chi connectivity index (χ2n) is 6.81. The summed E-state index contributed by atoms with van der Waals surface area (Å²) in [6.07, 6.45) is 3.05. The smallest absolute Gasteiger partial charge is 0.227 e. The first-order valence-electron chi connectivity index (χ1n) is 9.15. The standard InChI is InChI=1S/C16H20N2OS.C6H8O2/c1-12-14(13-5-3-4-6-15(13)20-12)11-16(19)18-9-7-17(2)8-10-18;1-5(7)3-4-6(2)8/h3-6H,7-11H2,1-2H3;3-4,7-8H,1-2H2/b;4-3-. The number of aryl methyl sites for hydroxylation is 1. The van der Waals surface area contributed by atoms with Gasteiger partial charge in [-0.3, -0.25) is 4.79 Å². The molecule has 0 radical (unpaired) electrons. The van der Waals surface area contributed by atoms with Crippen LogP contribution >= 0.6 is 11.3 Å². The van der Waals surface area contributed by atoms with Gasteiger partial charge in [0, 0.05) is 35.8 Å². The molecule has 0 bridgehead atoms. The number of hydrogen-bond donors (Lipinski definition) is 2. The normalized spacial score (nSPS) is 14.7. The second-order valence-corrected chi connectivity index (χ2v) is 8.07. The molecular formula is C22H28N2O3S. The van der Waals surface area contributed by atoms with Crippen molar-refractivity contribution in [3.63, 3.8) is 0 Å². The first kappa shape index (κ1) is 21.7. The van der Waals surface area contributed by atoms with Crippen LogP contribution in [0.5, 0.6) is 0 Å². The molecule has 3 rings (SSSR count). The van der Waals surface area contributed by atoms with Gasteiger partial charge in [0.15, 0.2) is 0 Å². The Balaban J connectivity index is 0.000000300. The quantitative estimate of drug-likeness (QED) is 0.596. The van der Waals surface area contributed by atoms with Crippen LogP contribution in [-0.2, 0) is 11.2 Å². The number of carbonyl (C=O) groups is 1. The highest BCUT2D eigenvalue weighted by Crippen LogP contribution is 2.31. The zero-order chi connectivity index (χ0) is 20.7. The minimum Gasteiger partial charge on any atom is -0.509 e. The molecule has 1 amide bonds. The highest BCUT2D eigenvalue weighted by atomic mass is 32.1. The lowest BCUT2D eigenvalue weighted by molar-refractivity contribution is -0.132. The van der Waals surface area contributed by atoms with Crippen molar-refractivity contribution in [3.05, 3.63) is 71.5 Å². The lowest BCUT2D eigenvalue weighted by Crippen LogP contribution is -2.47. The number of fused-ring (bicyclic) bond motifs is 1. The van der Waals surface area contributed by atoms with E-state index in [0.29, 0.717) is 6.42 Å². The van der Waals surface area contributed by atoms with E-state index in [1.165, 1.54) is 32.7 Å². The van der Waals surface area contributed by atoms with E-state index in [1.807, 2.05) is 4.90 Å². The van der Waals surface area contributed by atoms with Crippen LogP contribution in [0.15, 0.2) is 61.1 Å². The third-order valence-corrected chi connectivity index (χ3v) is 5.68. The van der Waals surface area contributed by atoms with E-state index in [9.17, 15) is 4.79 Å². The van der Waals surface area contributed by atoms with Crippen molar-refractivity contribution in [2.24, 2.45) is 0 Å². The summed E-state index contributed by atoms with van der Waals surface area (Å²) in [6.45, 7) is 12.1. The van der Waals surface area contributed by atoms with Gasteiger partial charge in [-0.25, -0.2) is 0 Å². The molecule has 0 saturated carbocycles. The van der Waals surface area contributed by atoms with Gasteiger partial charge in [-0.2, -0.15) is 0 Å². The largest absolute Gasteiger partial charge is 0.509 e. The third kappa shape index (κ3) is 6.25. The van der Waals surface area contributed by atoms with Crippen molar-refractivity contribution < 1.29 is 15.0 Å². The van der Waals surface area contributed by atoms with Crippen LogP contribution in [0.25, 0.3) is 10.1 Å². The van der Waals surface area contributed by atoms with Gasteiger partial charge < -0.3 is 20.0 Å². The molecule has 1 aromatic carbocycles. The number of aliphatic hydroxyl groups excluding tert-OH is 2. The van der Waals surface area contributed by atoms with Crippen LogP contribution in [0.3, 0.4) is 0 Å². The molecule has 2 aromatic rings. The van der Waals surface area contributed by atoms with Crippen molar-refractivity contribution >= 4 is 27.3 Å². The Bertz CT molecular complexity index is 861. The number of hydrogen-bond acceptors (Lipinski definition) is 5. The molecule has 150 valence electrons. The van der Waals surface area contributed by atoms with Gasteiger partial charge in [0.1, 0.15) is 11.5 Å². The van der Waals surface area contributed by atoms with Gasteiger partial charge in [-0.15, -0.1) is 11.3 Å². The van der Waals surface area contributed by atoms with Crippen molar-refractivity contribution in [3.8, 4) is 0 Å². The van der Waals surface area contributed by atoms with Gasteiger partial charge in [0.2, 0.25) is 5.91 Å². The fraction of sp³-hybridized carbons (Fsp3) is 0.318. The van der Waals surface area contributed by atoms with E-state index in [4.69, 9.17) is 10.2 Å². The summed E-state index contributed by atoms with van der Waals surface area (Å²) < 4.78 is 1.28. The second kappa shape index (κ2) is 10.1. The molecule has 2 N–H and O–H groups in total. The highest BCUT2D eigenvalue weighted by Gasteiger charge is 2.21. The Morgan fingerprint density at radius 1 is 1.11 bits per heavy atom. The van der Waals surface area contributed by atoms with Gasteiger partial charge in [-0.05, 0) is 43.1 Å². The van der Waals surface area contributed by atoms with E-state index < -0.39 is 0 Å². The number of piperazine rings is 1. The molecule has 0 spiro atoms. The van der Waals surface area contributed by atoms with Gasteiger partial charge in [0.05, 0.1) is 6.42 Å². The van der Waals surface area contributed by atoms with Crippen LogP contribution in [0.1, 0.15) is 10.4 Å².